The van der Waals surface area contributed by atoms with E-state index in [2.05, 4.69) is 10.6 Å². The van der Waals surface area contributed by atoms with Gasteiger partial charge < -0.3 is 15.7 Å². The smallest absolute Gasteiger partial charge is 0.229 e. The highest BCUT2D eigenvalue weighted by Gasteiger charge is 2.42. The van der Waals surface area contributed by atoms with Crippen LogP contribution in [0, 0.1) is 5.92 Å². The van der Waals surface area contributed by atoms with Crippen LogP contribution in [0.15, 0.2) is 12.1 Å². The number of nitrogens with one attached hydrogen (secondary N) is 2. The van der Waals surface area contributed by atoms with Gasteiger partial charge in [-0.25, -0.2) is 0 Å². The first-order valence-corrected chi connectivity index (χ1v) is 7.05. The van der Waals surface area contributed by atoms with Crippen LogP contribution in [0.1, 0.15) is 19.3 Å². The van der Waals surface area contributed by atoms with E-state index in [-0.39, 0.29) is 33.7 Å². The molecule has 1 aromatic rings. The Morgan fingerprint density at radius 2 is 2.00 bits per heavy atom. The number of hydrogen-bond acceptors (Lipinski definition) is 3. The van der Waals surface area contributed by atoms with Gasteiger partial charge in [0, 0.05) is 17.8 Å². The van der Waals surface area contributed by atoms with Crippen molar-refractivity contribution < 1.29 is 9.90 Å². The van der Waals surface area contributed by atoms with Crippen LogP contribution in [0.4, 0.5) is 5.69 Å². The van der Waals surface area contributed by atoms with Crippen LogP contribution < -0.4 is 10.6 Å². The third-order valence-electron chi connectivity index (χ3n) is 3.92. The molecular formula is C13H14Cl2N2O2. The second kappa shape index (κ2) is 4.85. The SMILES string of the molecule is O=C(Nc1cc(Cl)c(O)c(Cl)c1)C1CC2CCC1N2. The van der Waals surface area contributed by atoms with Gasteiger partial charge in [0.1, 0.15) is 0 Å². The van der Waals surface area contributed by atoms with E-state index in [4.69, 9.17) is 23.2 Å². The van der Waals surface area contributed by atoms with E-state index < -0.39 is 0 Å². The van der Waals surface area contributed by atoms with Crippen molar-refractivity contribution in [1.82, 2.24) is 5.32 Å². The van der Waals surface area contributed by atoms with Gasteiger partial charge in [-0.15, -0.1) is 0 Å². The molecule has 4 nitrogen and oxygen atoms in total. The van der Waals surface area contributed by atoms with Crippen molar-refractivity contribution >= 4 is 34.8 Å². The van der Waals surface area contributed by atoms with Crippen molar-refractivity contribution in [3.05, 3.63) is 22.2 Å². The van der Waals surface area contributed by atoms with Gasteiger partial charge in [-0.1, -0.05) is 23.2 Å². The van der Waals surface area contributed by atoms with Crippen LogP contribution in [0.3, 0.4) is 0 Å². The Bertz CT molecular complexity index is 512. The zero-order valence-corrected chi connectivity index (χ0v) is 11.6. The molecule has 0 aliphatic carbocycles. The number of benzene rings is 1. The first-order chi connectivity index (χ1) is 9.04. The lowest BCUT2D eigenvalue weighted by Crippen LogP contribution is -2.32. The van der Waals surface area contributed by atoms with Gasteiger partial charge in [0.25, 0.3) is 0 Å². The molecule has 2 fully saturated rings. The van der Waals surface area contributed by atoms with Gasteiger partial charge in [0.05, 0.1) is 16.0 Å². The quantitative estimate of drug-likeness (QED) is 0.736. The Balaban J connectivity index is 1.73. The normalized spacial score (nSPS) is 28.6. The van der Waals surface area contributed by atoms with Gasteiger partial charge in [-0.3, -0.25) is 4.79 Å². The van der Waals surface area contributed by atoms with E-state index in [1.165, 1.54) is 12.1 Å². The second-order valence-electron chi connectivity index (χ2n) is 5.17. The van der Waals surface area contributed by atoms with E-state index in [0.717, 1.165) is 19.3 Å². The van der Waals surface area contributed by atoms with Crippen molar-refractivity contribution in [2.45, 2.75) is 31.3 Å². The predicted octanol–water partition coefficient (Wildman–Crippen LogP) is 2.78. The molecule has 2 bridgehead atoms. The lowest BCUT2D eigenvalue weighted by Gasteiger charge is -2.19. The standard InChI is InChI=1S/C13H14Cl2N2O2/c14-9-4-7(5-10(15)12(9)18)17-13(19)8-3-6-1-2-11(8)16-6/h4-6,8,11,16,18H,1-3H2,(H,17,19). The lowest BCUT2D eigenvalue weighted by molar-refractivity contribution is -0.120. The fourth-order valence-electron chi connectivity index (χ4n) is 2.99. The van der Waals surface area contributed by atoms with Crippen molar-refractivity contribution in [3.63, 3.8) is 0 Å². The van der Waals surface area contributed by atoms with E-state index in [0.29, 0.717) is 11.7 Å². The molecule has 0 aromatic heterocycles. The summed E-state index contributed by atoms with van der Waals surface area (Å²) in [5.74, 6) is -0.175. The third kappa shape index (κ3) is 2.40. The molecule has 102 valence electrons. The zero-order valence-electron chi connectivity index (χ0n) is 10.1. The zero-order chi connectivity index (χ0) is 13.6. The molecule has 3 rings (SSSR count). The van der Waals surface area contributed by atoms with Crippen molar-refractivity contribution in [3.8, 4) is 5.75 Å². The summed E-state index contributed by atoms with van der Waals surface area (Å²) in [5.41, 5.74) is 0.514. The maximum absolute atomic E-state index is 12.2. The number of amides is 1. The van der Waals surface area contributed by atoms with Gasteiger partial charge in [0.2, 0.25) is 5.91 Å². The van der Waals surface area contributed by atoms with Crippen LogP contribution in [-0.4, -0.2) is 23.1 Å². The molecule has 2 aliphatic rings. The lowest BCUT2D eigenvalue weighted by atomic mass is 9.88. The Hall–Kier alpha value is -0.970. The highest BCUT2D eigenvalue weighted by molar-refractivity contribution is 6.37. The van der Waals surface area contributed by atoms with Crippen LogP contribution in [0.2, 0.25) is 10.0 Å². The average molecular weight is 301 g/mol. The fraction of sp³-hybridized carbons (Fsp3) is 0.462. The summed E-state index contributed by atoms with van der Waals surface area (Å²) in [4.78, 5) is 12.2. The van der Waals surface area contributed by atoms with Crippen molar-refractivity contribution in [1.29, 1.82) is 0 Å². The Labute approximate surface area is 121 Å². The maximum atomic E-state index is 12.2. The minimum atomic E-state index is -0.164. The first kappa shape index (κ1) is 13.0. The number of phenols is 1. The van der Waals surface area contributed by atoms with Crippen LogP contribution >= 0.6 is 23.2 Å². The molecule has 0 saturated carbocycles. The summed E-state index contributed by atoms with van der Waals surface area (Å²) in [6, 6.07) is 3.77. The Morgan fingerprint density at radius 1 is 1.32 bits per heavy atom. The number of fused-ring (bicyclic) bond motifs is 2. The summed E-state index contributed by atoms with van der Waals surface area (Å²) < 4.78 is 0. The molecule has 3 N–H and O–H groups in total. The topological polar surface area (TPSA) is 61.4 Å². The minimum Gasteiger partial charge on any atom is -0.505 e. The average Bonchev–Trinajstić information content (AvgIpc) is 2.98. The van der Waals surface area contributed by atoms with Crippen molar-refractivity contribution in [2.24, 2.45) is 5.92 Å². The van der Waals surface area contributed by atoms with E-state index in [1.807, 2.05) is 0 Å². The monoisotopic (exact) mass is 300 g/mol. The molecule has 2 heterocycles. The molecule has 3 atom stereocenters. The molecule has 3 unspecified atom stereocenters. The summed E-state index contributed by atoms with van der Waals surface area (Å²) in [6.07, 6.45) is 3.10. The van der Waals surface area contributed by atoms with E-state index >= 15 is 0 Å². The number of rotatable bonds is 2. The number of carbonyl (C=O) groups is 1. The van der Waals surface area contributed by atoms with E-state index in [1.54, 1.807) is 0 Å². The predicted molar refractivity (Wildman–Crippen MR) is 74.8 cm³/mol. The summed E-state index contributed by atoms with van der Waals surface area (Å²) in [7, 11) is 0. The summed E-state index contributed by atoms with van der Waals surface area (Å²) in [6.45, 7) is 0. The van der Waals surface area contributed by atoms with Gasteiger partial charge >= 0.3 is 0 Å². The van der Waals surface area contributed by atoms with Crippen LogP contribution in [-0.2, 0) is 4.79 Å². The number of anilines is 1. The van der Waals surface area contributed by atoms with Crippen LogP contribution in [0.25, 0.3) is 0 Å². The fourth-order valence-corrected chi connectivity index (χ4v) is 3.47. The highest BCUT2D eigenvalue weighted by Crippen LogP contribution is 2.36. The Morgan fingerprint density at radius 3 is 2.53 bits per heavy atom. The minimum absolute atomic E-state index is 0.00473. The molecule has 1 aromatic carbocycles. The number of hydrogen-bond donors (Lipinski definition) is 3. The number of halogens is 2. The molecule has 19 heavy (non-hydrogen) atoms. The summed E-state index contributed by atoms with van der Waals surface area (Å²) >= 11 is 11.7. The van der Waals surface area contributed by atoms with Crippen molar-refractivity contribution in [2.75, 3.05) is 5.32 Å². The molecular weight excluding hydrogens is 287 g/mol. The molecule has 0 radical (unpaired) electrons. The van der Waals surface area contributed by atoms with E-state index in [9.17, 15) is 9.90 Å². The number of carbonyl (C=O) groups excluding carboxylic acids is 1. The summed E-state index contributed by atoms with van der Waals surface area (Å²) in [5, 5.41) is 16.0. The molecule has 0 spiro atoms. The second-order valence-corrected chi connectivity index (χ2v) is 5.98. The highest BCUT2D eigenvalue weighted by atomic mass is 35.5. The van der Waals surface area contributed by atoms with Gasteiger partial charge in [-0.2, -0.15) is 0 Å². The Kier molecular flexibility index (Phi) is 3.33. The van der Waals surface area contributed by atoms with Gasteiger partial charge in [0.15, 0.2) is 5.75 Å². The first-order valence-electron chi connectivity index (χ1n) is 6.29. The number of phenolic OH excluding ortho intramolecular Hbond substituents is 1. The molecule has 2 saturated heterocycles. The maximum Gasteiger partial charge on any atom is 0.229 e. The number of aromatic hydroxyl groups is 1. The third-order valence-corrected chi connectivity index (χ3v) is 4.50. The largest absolute Gasteiger partial charge is 0.505 e. The molecule has 1 amide bonds. The van der Waals surface area contributed by atoms with Crippen LogP contribution in [0.5, 0.6) is 5.75 Å². The van der Waals surface area contributed by atoms with Gasteiger partial charge in [-0.05, 0) is 31.4 Å². The molecule has 6 heteroatoms. The molecule has 2 aliphatic heterocycles.